The number of nitrogens with zero attached hydrogens (tertiary/aromatic N) is 1. The molecular formula is C13H17FN2. The molecule has 1 heterocycles. The number of hydrogen-bond acceptors (Lipinski definition) is 1. The molecule has 2 N–H and O–H groups in total. The van der Waals surface area contributed by atoms with Gasteiger partial charge in [0.1, 0.15) is 5.82 Å². The Balaban J connectivity index is 2.93. The molecule has 0 aliphatic carbocycles. The van der Waals surface area contributed by atoms with Crippen LogP contribution in [0.3, 0.4) is 0 Å². The van der Waals surface area contributed by atoms with Crippen LogP contribution in [0.15, 0.2) is 12.1 Å². The maximum atomic E-state index is 13.9. The molecular weight excluding hydrogens is 203 g/mol. The highest BCUT2D eigenvalue weighted by Gasteiger charge is 2.17. The molecule has 0 radical (unpaired) electrons. The average Bonchev–Trinajstić information content (AvgIpc) is 2.38. The first-order valence-electron chi connectivity index (χ1n) is 5.47. The normalized spacial score (nSPS) is 11.6. The molecule has 86 valence electrons. The molecule has 0 aliphatic rings. The van der Waals surface area contributed by atoms with E-state index in [-0.39, 0.29) is 5.82 Å². The van der Waals surface area contributed by atoms with Crippen molar-refractivity contribution in [2.45, 2.75) is 26.7 Å². The van der Waals surface area contributed by atoms with E-state index in [1.807, 2.05) is 24.6 Å². The number of hydrogen-bond donors (Lipinski definition) is 1. The van der Waals surface area contributed by atoms with Crippen LogP contribution in [0.4, 0.5) is 10.1 Å². The highest BCUT2D eigenvalue weighted by atomic mass is 19.1. The van der Waals surface area contributed by atoms with Gasteiger partial charge in [0.2, 0.25) is 0 Å². The van der Waals surface area contributed by atoms with Gasteiger partial charge < -0.3 is 10.3 Å². The first-order valence-corrected chi connectivity index (χ1v) is 5.47. The molecule has 0 saturated carbocycles. The van der Waals surface area contributed by atoms with E-state index in [9.17, 15) is 4.39 Å². The SMILES string of the molecule is Cc1c(C(C)C)n(C)c2c(F)cc(N)cc12. The van der Waals surface area contributed by atoms with E-state index in [4.69, 9.17) is 5.73 Å². The third-order valence-electron chi connectivity index (χ3n) is 3.12. The number of fused-ring (bicyclic) bond motifs is 1. The zero-order valence-electron chi connectivity index (χ0n) is 10.1. The highest BCUT2D eigenvalue weighted by molar-refractivity contribution is 5.88. The van der Waals surface area contributed by atoms with Crippen molar-refractivity contribution in [3.63, 3.8) is 0 Å². The van der Waals surface area contributed by atoms with E-state index in [2.05, 4.69) is 13.8 Å². The van der Waals surface area contributed by atoms with Crippen LogP contribution >= 0.6 is 0 Å². The number of benzene rings is 1. The summed E-state index contributed by atoms with van der Waals surface area (Å²) in [6.07, 6.45) is 0. The number of aryl methyl sites for hydroxylation is 2. The molecule has 3 heteroatoms. The van der Waals surface area contributed by atoms with Gasteiger partial charge in [-0.2, -0.15) is 0 Å². The van der Waals surface area contributed by atoms with Crippen LogP contribution in [0.1, 0.15) is 31.0 Å². The van der Waals surface area contributed by atoms with Gasteiger partial charge in [0.05, 0.1) is 5.52 Å². The molecule has 0 fully saturated rings. The minimum atomic E-state index is -0.243. The Bertz CT molecular complexity index is 553. The van der Waals surface area contributed by atoms with Crippen LogP contribution < -0.4 is 5.73 Å². The van der Waals surface area contributed by atoms with Crippen LogP contribution in [0, 0.1) is 12.7 Å². The number of rotatable bonds is 1. The predicted octanol–water partition coefficient (Wildman–Crippen LogP) is 3.33. The molecule has 0 saturated heterocycles. The summed E-state index contributed by atoms with van der Waals surface area (Å²) in [7, 11) is 1.91. The quantitative estimate of drug-likeness (QED) is 0.734. The molecule has 2 aromatic rings. The smallest absolute Gasteiger partial charge is 0.149 e. The number of nitrogen functional groups attached to an aromatic ring is 1. The Hall–Kier alpha value is -1.51. The zero-order valence-corrected chi connectivity index (χ0v) is 10.1. The second-order valence-electron chi connectivity index (χ2n) is 4.62. The Morgan fingerprint density at radius 3 is 2.50 bits per heavy atom. The number of halogens is 1. The van der Waals surface area contributed by atoms with Crippen LogP contribution in [0.25, 0.3) is 10.9 Å². The van der Waals surface area contributed by atoms with E-state index in [0.717, 1.165) is 10.9 Å². The molecule has 2 rings (SSSR count). The minimum absolute atomic E-state index is 0.243. The van der Waals surface area contributed by atoms with Crippen molar-refractivity contribution in [1.29, 1.82) is 0 Å². The van der Waals surface area contributed by atoms with Crippen LogP contribution in [-0.4, -0.2) is 4.57 Å². The second kappa shape index (κ2) is 3.51. The fourth-order valence-corrected chi connectivity index (χ4v) is 2.58. The summed E-state index contributed by atoms with van der Waals surface area (Å²) in [5.41, 5.74) is 9.10. The van der Waals surface area contributed by atoms with Gasteiger partial charge in [0, 0.05) is 23.8 Å². The second-order valence-corrected chi connectivity index (χ2v) is 4.62. The Labute approximate surface area is 94.9 Å². The minimum Gasteiger partial charge on any atom is -0.399 e. The number of nitrogens with two attached hydrogens (primary N) is 1. The molecule has 0 aliphatic heterocycles. The fourth-order valence-electron chi connectivity index (χ4n) is 2.58. The largest absolute Gasteiger partial charge is 0.399 e. The number of aromatic nitrogens is 1. The molecule has 2 nitrogen and oxygen atoms in total. The highest BCUT2D eigenvalue weighted by Crippen LogP contribution is 2.32. The van der Waals surface area contributed by atoms with E-state index in [0.29, 0.717) is 17.1 Å². The van der Waals surface area contributed by atoms with Crippen molar-refractivity contribution in [2.75, 3.05) is 5.73 Å². The van der Waals surface area contributed by atoms with Crippen molar-refractivity contribution in [3.8, 4) is 0 Å². The zero-order chi connectivity index (χ0) is 12.0. The maximum absolute atomic E-state index is 13.9. The summed E-state index contributed by atoms with van der Waals surface area (Å²) in [6.45, 7) is 6.25. The Morgan fingerprint density at radius 1 is 1.31 bits per heavy atom. The lowest BCUT2D eigenvalue weighted by Gasteiger charge is -2.09. The van der Waals surface area contributed by atoms with E-state index in [1.54, 1.807) is 0 Å². The first kappa shape index (κ1) is 11.0. The lowest BCUT2D eigenvalue weighted by Crippen LogP contribution is -2.00. The topological polar surface area (TPSA) is 30.9 Å². The van der Waals surface area contributed by atoms with Crippen molar-refractivity contribution in [3.05, 3.63) is 29.2 Å². The van der Waals surface area contributed by atoms with Crippen molar-refractivity contribution in [2.24, 2.45) is 7.05 Å². The van der Waals surface area contributed by atoms with Gasteiger partial charge in [-0.1, -0.05) is 13.8 Å². The van der Waals surface area contributed by atoms with E-state index in [1.165, 1.54) is 11.8 Å². The molecule has 0 amide bonds. The van der Waals surface area contributed by atoms with Gasteiger partial charge in [-0.15, -0.1) is 0 Å². The first-order chi connectivity index (χ1) is 7.43. The summed E-state index contributed by atoms with van der Waals surface area (Å²) >= 11 is 0. The Morgan fingerprint density at radius 2 is 1.94 bits per heavy atom. The summed E-state index contributed by atoms with van der Waals surface area (Å²) in [5, 5.41) is 0.920. The van der Waals surface area contributed by atoms with Crippen LogP contribution in [0.2, 0.25) is 0 Å². The monoisotopic (exact) mass is 220 g/mol. The third-order valence-corrected chi connectivity index (χ3v) is 3.12. The molecule has 16 heavy (non-hydrogen) atoms. The van der Waals surface area contributed by atoms with Crippen molar-refractivity contribution in [1.82, 2.24) is 4.57 Å². The lowest BCUT2D eigenvalue weighted by molar-refractivity contribution is 0.628. The van der Waals surface area contributed by atoms with E-state index >= 15 is 0 Å². The fraction of sp³-hybridized carbons (Fsp3) is 0.385. The Kier molecular flexibility index (Phi) is 2.41. The molecule has 1 aromatic carbocycles. The van der Waals surface area contributed by atoms with Gasteiger partial charge in [-0.3, -0.25) is 0 Å². The molecule has 0 unspecified atom stereocenters. The summed E-state index contributed by atoms with van der Waals surface area (Å²) in [5.74, 6) is 0.130. The van der Waals surface area contributed by atoms with Gasteiger partial charge in [-0.05, 0) is 30.5 Å². The van der Waals surface area contributed by atoms with Crippen molar-refractivity contribution < 1.29 is 4.39 Å². The summed E-state index contributed by atoms with van der Waals surface area (Å²) in [4.78, 5) is 0. The van der Waals surface area contributed by atoms with Gasteiger partial charge >= 0.3 is 0 Å². The lowest BCUT2D eigenvalue weighted by atomic mass is 10.0. The van der Waals surface area contributed by atoms with Gasteiger partial charge in [-0.25, -0.2) is 4.39 Å². The van der Waals surface area contributed by atoms with E-state index < -0.39 is 0 Å². The molecule has 0 atom stereocenters. The predicted molar refractivity (Wildman–Crippen MR) is 66.1 cm³/mol. The standard InChI is InChI=1S/C13H17FN2/c1-7(2)12-8(3)10-5-9(15)6-11(14)13(10)16(12)4/h5-7H,15H2,1-4H3. The van der Waals surface area contributed by atoms with Crippen molar-refractivity contribution >= 4 is 16.6 Å². The molecule has 0 spiro atoms. The van der Waals surface area contributed by atoms with Crippen LogP contribution in [-0.2, 0) is 7.05 Å². The van der Waals surface area contributed by atoms with Gasteiger partial charge in [0.25, 0.3) is 0 Å². The summed E-state index contributed by atoms with van der Waals surface area (Å²) in [6, 6.07) is 3.23. The average molecular weight is 220 g/mol. The molecule has 0 bridgehead atoms. The maximum Gasteiger partial charge on any atom is 0.149 e. The van der Waals surface area contributed by atoms with Crippen LogP contribution in [0.5, 0.6) is 0 Å². The van der Waals surface area contributed by atoms with Gasteiger partial charge in [0.15, 0.2) is 0 Å². The number of anilines is 1. The molecule has 1 aromatic heterocycles. The third kappa shape index (κ3) is 1.39. The summed E-state index contributed by atoms with van der Waals surface area (Å²) < 4.78 is 15.8.